The molecule has 1 saturated carbocycles. The minimum atomic E-state index is -3.62. The van der Waals surface area contributed by atoms with E-state index in [2.05, 4.69) is 10.3 Å². The van der Waals surface area contributed by atoms with Gasteiger partial charge in [0.25, 0.3) is 5.91 Å². The van der Waals surface area contributed by atoms with E-state index in [1.807, 2.05) is 6.92 Å². The lowest BCUT2D eigenvalue weighted by Crippen LogP contribution is -2.47. The molecule has 1 aliphatic heterocycles. The molecule has 1 aromatic carbocycles. The first-order valence-corrected chi connectivity index (χ1v) is 13.1. The Kier molecular flexibility index (Phi) is 6.65. The maximum absolute atomic E-state index is 14.6. The van der Waals surface area contributed by atoms with Gasteiger partial charge in [-0.2, -0.15) is 0 Å². The molecule has 34 heavy (non-hydrogen) atoms. The number of hydrogen-bond donors (Lipinski definition) is 1. The van der Waals surface area contributed by atoms with E-state index >= 15 is 0 Å². The third-order valence-corrected chi connectivity index (χ3v) is 7.47. The van der Waals surface area contributed by atoms with E-state index in [0.29, 0.717) is 13.0 Å². The predicted octanol–water partition coefficient (Wildman–Crippen LogP) is 3.53. The summed E-state index contributed by atoms with van der Waals surface area (Å²) in [5, 5.41) is 2.25. The van der Waals surface area contributed by atoms with Crippen molar-refractivity contribution in [2.75, 3.05) is 12.8 Å². The van der Waals surface area contributed by atoms with Gasteiger partial charge in [0.1, 0.15) is 17.7 Å². The molecule has 0 bridgehead atoms. The summed E-state index contributed by atoms with van der Waals surface area (Å²) in [5.41, 5.74) is 0.125. The molecule has 2 fully saturated rings. The van der Waals surface area contributed by atoms with Gasteiger partial charge in [0, 0.05) is 30.1 Å². The van der Waals surface area contributed by atoms with E-state index in [1.165, 1.54) is 23.2 Å². The van der Waals surface area contributed by atoms with Gasteiger partial charge in [-0.3, -0.25) is 9.59 Å². The molecule has 0 radical (unpaired) electrons. The van der Waals surface area contributed by atoms with Crippen molar-refractivity contribution in [3.8, 4) is 0 Å². The van der Waals surface area contributed by atoms with E-state index < -0.39 is 45.4 Å². The van der Waals surface area contributed by atoms with Crippen LogP contribution in [-0.4, -0.2) is 49.0 Å². The fraction of sp³-hybridized carbons (Fsp3) is 0.435. The van der Waals surface area contributed by atoms with Crippen molar-refractivity contribution in [1.82, 2.24) is 15.2 Å². The summed E-state index contributed by atoms with van der Waals surface area (Å²) in [6.45, 7) is 2.19. The van der Waals surface area contributed by atoms with Crippen molar-refractivity contribution in [3.63, 3.8) is 0 Å². The minimum Gasteiger partial charge on any atom is -0.347 e. The van der Waals surface area contributed by atoms with Crippen molar-refractivity contribution < 1.29 is 26.8 Å². The number of likely N-dealkylation sites (tertiary alicyclic amines) is 1. The van der Waals surface area contributed by atoms with Crippen LogP contribution < -0.4 is 5.32 Å². The lowest BCUT2D eigenvalue weighted by atomic mass is 10.00. The highest BCUT2D eigenvalue weighted by molar-refractivity contribution is 7.90. The second-order valence-electron chi connectivity index (χ2n) is 9.08. The van der Waals surface area contributed by atoms with Gasteiger partial charge in [-0.15, -0.1) is 0 Å². The number of nitrogens with zero attached hydrogens (tertiary/aromatic N) is 2. The number of benzene rings is 1. The van der Waals surface area contributed by atoms with Crippen LogP contribution >= 0.6 is 11.6 Å². The van der Waals surface area contributed by atoms with Gasteiger partial charge >= 0.3 is 0 Å². The first kappa shape index (κ1) is 24.5. The average Bonchev–Trinajstić information content (AvgIpc) is 3.54. The van der Waals surface area contributed by atoms with Crippen molar-refractivity contribution >= 4 is 33.3 Å². The summed E-state index contributed by atoms with van der Waals surface area (Å²) in [7, 11) is -3.62. The predicted molar refractivity (Wildman–Crippen MR) is 121 cm³/mol. The Morgan fingerprint density at radius 1 is 1.21 bits per heavy atom. The van der Waals surface area contributed by atoms with Crippen LogP contribution in [0.1, 0.15) is 48.1 Å². The van der Waals surface area contributed by atoms with Crippen LogP contribution in [-0.2, 0) is 14.6 Å². The van der Waals surface area contributed by atoms with E-state index in [-0.39, 0.29) is 33.0 Å². The van der Waals surface area contributed by atoms with Gasteiger partial charge in [0.05, 0.1) is 11.1 Å². The molecule has 0 spiro atoms. The van der Waals surface area contributed by atoms with Crippen molar-refractivity contribution in [1.29, 1.82) is 0 Å². The van der Waals surface area contributed by atoms with Crippen molar-refractivity contribution in [2.24, 2.45) is 11.8 Å². The summed E-state index contributed by atoms with van der Waals surface area (Å²) in [6, 6.07) is 2.90. The molecule has 11 heteroatoms. The Morgan fingerprint density at radius 2 is 1.91 bits per heavy atom. The number of carbonyl (C=O) groups is 2. The Balaban J connectivity index is 1.58. The van der Waals surface area contributed by atoms with Gasteiger partial charge in [-0.1, -0.05) is 18.5 Å². The highest BCUT2D eigenvalue weighted by atomic mass is 35.5. The van der Waals surface area contributed by atoms with Crippen LogP contribution in [0.4, 0.5) is 8.78 Å². The number of amides is 2. The Hall–Kier alpha value is -2.59. The molecule has 1 aromatic heterocycles. The summed E-state index contributed by atoms with van der Waals surface area (Å²) >= 11 is 5.67. The molecule has 3 atom stereocenters. The zero-order valence-corrected chi connectivity index (χ0v) is 20.2. The van der Waals surface area contributed by atoms with Crippen molar-refractivity contribution in [2.45, 2.75) is 43.3 Å². The smallest absolute Gasteiger partial charge is 0.254 e. The van der Waals surface area contributed by atoms with Gasteiger partial charge in [-0.05, 0) is 55.4 Å². The molecular formula is C23H24ClF2N3O4S. The van der Waals surface area contributed by atoms with E-state index in [1.54, 1.807) is 0 Å². The van der Waals surface area contributed by atoms with E-state index in [0.717, 1.165) is 31.2 Å². The van der Waals surface area contributed by atoms with Crippen LogP contribution in [0.25, 0.3) is 0 Å². The largest absolute Gasteiger partial charge is 0.347 e. The number of aromatic nitrogens is 1. The second kappa shape index (κ2) is 9.22. The molecule has 4 rings (SSSR count). The van der Waals surface area contributed by atoms with Crippen molar-refractivity contribution in [3.05, 3.63) is 58.2 Å². The summed E-state index contributed by atoms with van der Waals surface area (Å²) < 4.78 is 52.3. The number of pyridine rings is 1. The molecule has 1 N–H and O–H groups in total. The first-order valence-electron chi connectivity index (χ1n) is 10.9. The quantitative estimate of drug-likeness (QED) is 0.598. The second-order valence-corrected chi connectivity index (χ2v) is 11.5. The lowest BCUT2D eigenvalue weighted by molar-refractivity contribution is -0.125. The summed E-state index contributed by atoms with van der Waals surface area (Å²) in [5.74, 6) is -2.48. The van der Waals surface area contributed by atoms with Crippen LogP contribution in [0.3, 0.4) is 0 Å². The number of hydrogen-bond acceptors (Lipinski definition) is 5. The molecule has 2 aliphatic rings. The van der Waals surface area contributed by atoms with Gasteiger partial charge in [0.15, 0.2) is 14.9 Å². The third-order valence-electron chi connectivity index (χ3n) is 6.20. The molecular weight excluding hydrogens is 488 g/mol. The van der Waals surface area contributed by atoms with Gasteiger partial charge < -0.3 is 10.2 Å². The molecule has 1 aliphatic carbocycles. The normalized spacial score (nSPS) is 21.4. The molecule has 0 unspecified atom stereocenters. The van der Waals surface area contributed by atoms with Crippen LogP contribution in [0.15, 0.2) is 35.5 Å². The third kappa shape index (κ3) is 5.07. The highest BCUT2D eigenvalue weighted by Crippen LogP contribution is 2.42. The van der Waals surface area contributed by atoms with Crippen LogP contribution in [0.5, 0.6) is 0 Å². The van der Waals surface area contributed by atoms with Crippen LogP contribution in [0.2, 0.25) is 5.02 Å². The summed E-state index contributed by atoms with van der Waals surface area (Å²) in [6.07, 6.45) is 4.12. The highest BCUT2D eigenvalue weighted by Gasteiger charge is 2.42. The first-order chi connectivity index (χ1) is 16.0. The minimum absolute atomic E-state index is 0.0139. The zero-order chi connectivity index (χ0) is 24.8. The molecule has 2 amide bonds. The fourth-order valence-corrected chi connectivity index (χ4v) is 5.08. The van der Waals surface area contributed by atoms with Gasteiger partial charge in [-0.25, -0.2) is 22.2 Å². The molecule has 182 valence electrons. The number of rotatable bonds is 6. The number of halogens is 3. The van der Waals surface area contributed by atoms with E-state index in [9.17, 15) is 26.8 Å². The van der Waals surface area contributed by atoms with Gasteiger partial charge in [0.2, 0.25) is 5.91 Å². The fourth-order valence-electron chi connectivity index (χ4n) is 4.33. The zero-order valence-electron chi connectivity index (χ0n) is 18.6. The number of sulfone groups is 1. The number of carbonyl (C=O) groups excluding carboxylic acids is 2. The molecule has 7 nitrogen and oxygen atoms in total. The monoisotopic (exact) mass is 511 g/mol. The standard InChI is InChI=1S/C23H24ClF2N3O4S/c1-12-7-19(29(11-12)23(31)14-5-6-27-20(8-14)34(2,32)33)22(30)28-21(13-3-4-13)15-9-18(26)16(24)10-17(15)25/h5-6,8-10,12-13,19,21H,3-4,7,11H2,1-2H3,(H,28,30)/t12-,19-,21-/m1/s1. The Labute approximate surface area is 201 Å². The summed E-state index contributed by atoms with van der Waals surface area (Å²) in [4.78, 5) is 31.7. The lowest BCUT2D eigenvalue weighted by Gasteiger charge is -2.27. The Morgan fingerprint density at radius 3 is 2.56 bits per heavy atom. The SMILES string of the molecule is C[C@@H]1C[C@H](C(=O)N[C@@H](c2cc(F)c(Cl)cc2F)C2CC2)N(C(=O)c2ccnc(S(C)(=O)=O)c2)C1. The molecule has 1 saturated heterocycles. The van der Waals surface area contributed by atoms with E-state index in [4.69, 9.17) is 11.6 Å². The average molecular weight is 512 g/mol. The number of nitrogens with one attached hydrogen (secondary N) is 1. The maximum atomic E-state index is 14.6. The van der Waals surface area contributed by atoms with Crippen LogP contribution in [0, 0.1) is 23.5 Å². The molecule has 2 heterocycles. The maximum Gasteiger partial charge on any atom is 0.254 e. The Bertz CT molecular complexity index is 1250. The molecule has 2 aromatic rings. The topological polar surface area (TPSA) is 96.4 Å².